The van der Waals surface area contributed by atoms with Crippen LogP contribution in [0, 0.1) is 0 Å². The molecule has 9 heteroatoms. The van der Waals surface area contributed by atoms with E-state index in [1.54, 1.807) is 23.0 Å². The molecule has 0 aliphatic carbocycles. The smallest absolute Gasteiger partial charge is 0.390 e. The second-order valence-electron chi connectivity index (χ2n) is 4.48. The van der Waals surface area contributed by atoms with Crippen molar-refractivity contribution in [2.24, 2.45) is 0 Å². The first kappa shape index (κ1) is 14.5. The average molecular weight is 322 g/mol. The average Bonchev–Trinajstić information content (AvgIpc) is 3.08. The van der Waals surface area contributed by atoms with E-state index in [0.717, 1.165) is 5.69 Å². The fourth-order valence-electron chi connectivity index (χ4n) is 1.88. The summed E-state index contributed by atoms with van der Waals surface area (Å²) in [6, 6.07) is 7.16. The lowest BCUT2D eigenvalue weighted by Gasteiger charge is -1.98. The van der Waals surface area contributed by atoms with Gasteiger partial charge in [-0.15, -0.1) is 10.2 Å². The van der Waals surface area contributed by atoms with Crippen molar-refractivity contribution in [3.63, 3.8) is 0 Å². The van der Waals surface area contributed by atoms with Crippen molar-refractivity contribution in [3.05, 3.63) is 57.6 Å². The second kappa shape index (κ2) is 6.12. The highest BCUT2D eigenvalue weighted by molar-refractivity contribution is 6.30. The summed E-state index contributed by atoms with van der Waals surface area (Å²) in [6.07, 6.45) is 1.71. The zero-order chi connectivity index (χ0) is 15.5. The highest BCUT2D eigenvalue weighted by atomic mass is 35.5. The molecule has 0 saturated heterocycles. The van der Waals surface area contributed by atoms with Gasteiger partial charge in [-0.3, -0.25) is 0 Å². The fourth-order valence-corrected chi connectivity index (χ4v) is 2.00. The number of ether oxygens (including phenoxy) is 1. The molecule has 0 bridgehead atoms. The Bertz CT molecular complexity index is 821. The number of nitrogens with zero attached hydrogens (tertiary/aromatic N) is 5. The number of methoxy groups -OCH3 is 1. The normalized spacial score (nSPS) is 11.0. The number of halogens is 1. The van der Waals surface area contributed by atoms with Crippen LogP contribution < -0.4 is 5.76 Å². The van der Waals surface area contributed by atoms with Gasteiger partial charge in [-0.25, -0.2) is 9.48 Å². The van der Waals surface area contributed by atoms with E-state index < -0.39 is 5.76 Å². The largest absolute Gasteiger partial charge is 0.437 e. The molecular formula is C13H12ClN5O3. The summed E-state index contributed by atoms with van der Waals surface area (Å²) in [5.41, 5.74) is 1.39. The zero-order valence-corrected chi connectivity index (χ0v) is 12.4. The molecule has 0 radical (unpaired) electrons. The molecule has 0 aliphatic rings. The summed E-state index contributed by atoms with van der Waals surface area (Å²) in [5.74, 6) is -0.342. The van der Waals surface area contributed by atoms with Crippen LogP contribution in [0.1, 0.15) is 11.6 Å². The summed E-state index contributed by atoms with van der Waals surface area (Å²) < 4.78 is 12.6. The van der Waals surface area contributed by atoms with Crippen molar-refractivity contribution in [3.8, 4) is 5.69 Å². The molecule has 0 aliphatic heterocycles. The number of hydrogen-bond donors (Lipinski definition) is 0. The van der Waals surface area contributed by atoms with E-state index in [1.807, 2.05) is 12.1 Å². The van der Waals surface area contributed by atoms with Crippen LogP contribution in [0.25, 0.3) is 5.69 Å². The molecule has 1 aromatic carbocycles. The summed E-state index contributed by atoms with van der Waals surface area (Å²) in [5, 5.41) is 12.7. The molecule has 0 amide bonds. The maximum atomic E-state index is 11.6. The van der Waals surface area contributed by atoms with Crippen molar-refractivity contribution in [1.29, 1.82) is 0 Å². The molecule has 0 fully saturated rings. The minimum atomic E-state index is -0.562. The molecule has 0 spiro atoms. The van der Waals surface area contributed by atoms with E-state index >= 15 is 0 Å². The lowest BCUT2D eigenvalue weighted by molar-refractivity contribution is 0.158. The van der Waals surface area contributed by atoms with Gasteiger partial charge in [0.1, 0.15) is 12.3 Å². The Labute approximate surface area is 129 Å². The minimum absolute atomic E-state index is 0.139. The van der Waals surface area contributed by atoms with Gasteiger partial charge >= 0.3 is 5.76 Å². The Morgan fingerprint density at radius 2 is 2.09 bits per heavy atom. The Morgan fingerprint density at radius 1 is 1.32 bits per heavy atom. The van der Waals surface area contributed by atoms with Gasteiger partial charge < -0.3 is 9.15 Å². The van der Waals surface area contributed by atoms with Crippen LogP contribution in [0.3, 0.4) is 0 Å². The molecule has 0 atom stereocenters. The first-order valence-electron chi connectivity index (χ1n) is 6.38. The highest BCUT2D eigenvalue weighted by Gasteiger charge is 2.10. The third-order valence-electron chi connectivity index (χ3n) is 2.86. The van der Waals surface area contributed by atoms with Crippen LogP contribution in [-0.4, -0.2) is 31.9 Å². The Hall–Kier alpha value is -2.45. The summed E-state index contributed by atoms with van der Waals surface area (Å²) >= 11 is 5.84. The molecule has 2 aromatic heterocycles. The van der Waals surface area contributed by atoms with E-state index in [-0.39, 0.29) is 19.0 Å². The number of benzene rings is 1. The van der Waals surface area contributed by atoms with E-state index in [9.17, 15) is 4.79 Å². The highest BCUT2D eigenvalue weighted by Crippen LogP contribution is 2.12. The van der Waals surface area contributed by atoms with Gasteiger partial charge in [0.2, 0.25) is 5.89 Å². The molecule has 114 valence electrons. The number of rotatable bonds is 5. The van der Waals surface area contributed by atoms with Crippen molar-refractivity contribution in [1.82, 2.24) is 24.8 Å². The van der Waals surface area contributed by atoms with E-state index in [4.69, 9.17) is 20.8 Å². The molecule has 0 unspecified atom stereocenters. The van der Waals surface area contributed by atoms with Gasteiger partial charge in [0.25, 0.3) is 0 Å². The van der Waals surface area contributed by atoms with Crippen molar-refractivity contribution in [2.75, 3.05) is 7.11 Å². The zero-order valence-electron chi connectivity index (χ0n) is 11.6. The Morgan fingerprint density at radius 3 is 2.82 bits per heavy atom. The monoisotopic (exact) mass is 321 g/mol. The molecular weight excluding hydrogens is 310 g/mol. The second-order valence-corrected chi connectivity index (χ2v) is 4.92. The van der Waals surface area contributed by atoms with Gasteiger partial charge in [-0.2, -0.15) is 4.68 Å². The first-order valence-corrected chi connectivity index (χ1v) is 6.76. The van der Waals surface area contributed by atoms with Crippen molar-refractivity contribution in [2.45, 2.75) is 13.2 Å². The minimum Gasteiger partial charge on any atom is -0.390 e. The van der Waals surface area contributed by atoms with Gasteiger partial charge in [0, 0.05) is 12.1 Å². The van der Waals surface area contributed by atoms with Crippen LogP contribution in [-0.2, 0) is 17.9 Å². The van der Waals surface area contributed by atoms with Gasteiger partial charge in [0.15, 0.2) is 0 Å². The predicted octanol–water partition coefficient (Wildman–Crippen LogP) is 1.27. The lowest BCUT2D eigenvalue weighted by atomic mass is 10.3. The molecule has 8 nitrogen and oxygen atoms in total. The summed E-state index contributed by atoms with van der Waals surface area (Å²) in [6.45, 7) is 0.305. The molecule has 0 N–H and O–H groups in total. The van der Waals surface area contributed by atoms with E-state index in [2.05, 4.69) is 15.4 Å². The summed E-state index contributed by atoms with van der Waals surface area (Å²) in [7, 11) is 1.50. The first-order chi connectivity index (χ1) is 10.7. The van der Waals surface area contributed by atoms with Crippen LogP contribution in [0.5, 0.6) is 0 Å². The molecule has 0 saturated carbocycles. The van der Waals surface area contributed by atoms with E-state index in [1.165, 1.54) is 11.8 Å². The van der Waals surface area contributed by atoms with Crippen molar-refractivity contribution >= 4 is 11.6 Å². The number of hydrogen-bond acceptors (Lipinski definition) is 6. The third kappa shape index (κ3) is 3.07. The maximum absolute atomic E-state index is 11.6. The molecule has 3 aromatic rings. The topological polar surface area (TPSA) is 88.0 Å². The maximum Gasteiger partial charge on any atom is 0.437 e. The van der Waals surface area contributed by atoms with Gasteiger partial charge in [-0.1, -0.05) is 16.8 Å². The number of aromatic nitrogens is 5. The Kier molecular flexibility index (Phi) is 4.03. The SMILES string of the molecule is COCc1nn(Cc2cn(-c3ccc(Cl)cc3)nn2)c(=O)o1. The van der Waals surface area contributed by atoms with Gasteiger partial charge in [-0.05, 0) is 24.3 Å². The predicted molar refractivity (Wildman–Crippen MR) is 76.9 cm³/mol. The van der Waals surface area contributed by atoms with Crippen molar-refractivity contribution < 1.29 is 9.15 Å². The fraction of sp³-hybridized carbons (Fsp3) is 0.231. The third-order valence-corrected chi connectivity index (χ3v) is 3.11. The summed E-state index contributed by atoms with van der Waals surface area (Å²) in [4.78, 5) is 11.6. The van der Waals surface area contributed by atoms with Crippen LogP contribution in [0.15, 0.2) is 39.7 Å². The van der Waals surface area contributed by atoms with Crippen LogP contribution in [0.4, 0.5) is 0 Å². The Balaban J connectivity index is 1.79. The van der Waals surface area contributed by atoms with Crippen LogP contribution in [0.2, 0.25) is 5.02 Å². The van der Waals surface area contributed by atoms with E-state index in [0.29, 0.717) is 10.7 Å². The molecule has 2 heterocycles. The molecule has 3 rings (SSSR count). The van der Waals surface area contributed by atoms with Crippen LogP contribution >= 0.6 is 11.6 Å². The lowest BCUT2D eigenvalue weighted by Crippen LogP contribution is -2.16. The molecule has 22 heavy (non-hydrogen) atoms. The quantitative estimate of drug-likeness (QED) is 0.703. The standard InChI is InChI=1S/C13H12ClN5O3/c1-21-8-12-16-19(13(20)22-12)7-10-6-18(17-15-10)11-4-2-9(14)3-5-11/h2-6H,7-8H2,1H3. The van der Waals surface area contributed by atoms with Gasteiger partial charge in [0.05, 0.1) is 18.4 Å².